The molecule has 8 heteroatoms. The molecule has 0 amide bonds. The second-order valence-electron chi connectivity index (χ2n) is 7.00. The van der Waals surface area contributed by atoms with E-state index in [9.17, 15) is 14.4 Å². The molecule has 0 radical (unpaired) electrons. The number of hydrogen-bond donors (Lipinski definition) is 0. The maximum Gasteiger partial charge on any atom is 0.262 e. The van der Waals surface area contributed by atoms with E-state index in [1.807, 2.05) is 34.7 Å². The first-order valence-corrected chi connectivity index (χ1v) is 10.8. The summed E-state index contributed by atoms with van der Waals surface area (Å²) in [5, 5.41) is 19.2. The van der Waals surface area contributed by atoms with E-state index in [0.29, 0.717) is 34.2 Å². The van der Waals surface area contributed by atoms with Crippen molar-refractivity contribution in [3.8, 4) is 6.07 Å². The number of aryl methyl sites for hydroxylation is 1. The highest BCUT2D eigenvalue weighted by Gasteiger charge is 2.17. The zero-order valence-electron chi connectivity index (χ0n) is 16.5. The van der Waals surface area contributed by atoms with Gasteiger partial charge in [0.15, 0.2) is 5.16 Å². The topological polar surface area (TPSA) is 76.0 Å². The van der Waals surface area contributed by atoms with Crippen LogP contribution in [0.25, 0.3) is 16.7 Å². The SMILES string of the molecule is CCCCCn1c(=O)c2ccccc2n2c(SCc3ccc(F)cc3C#N)nnc12. The molecule has 6 nitrogen and oxygen atoms in total. The normalized spacial score (nSPS) is 11.2. The number of nitrogens with zero attached hydrogens (tertiary/aromatic N) is 5. The van der Waals surface area contributed by atoms with Crippen LogP contribution in [0.4, 0.5) is 4.39 Å². The fourth-order valence-corrected chi connectivity index (χ4v) is 4.41. The van der Waals surface area contributed by atoms with Crippen LogP contribution in [0.5, 0.6) is 0 Å². The molecular weight excluding hydrogens is 401 g/mol. The molecule has 0 N–H and O–H groups in total. The first kappa shape index (κ1) is 20.1. The Bertz CT molecular complexity index is 1320. The Balaban J connectivity index is 1.78. The Morgan fingerprint density at radius 3 is 2.80 bits per heavy atom. The number of hydrogen-bond acceptors (Lipinski definition) is 5. The largest absolute Gasteiger partial charge is 0.276 e. The number of aromatic nitrogens is 4. The van der Waals surface area contributed by atoms with Crippen LogP contribution in [0.15, 0.2) is 52.4 Å². The standard InChI is InChI=1S/C22H20FN5OS/c1-2-3-6-11-27-20(29)18-7-4-5-8-19(18)28-21(27)25-26-22(28)30-14-15-9-10-17(23)12-16(15)13-24/h4-5,7-10,12H,2-3,6,11,14H2,1H3. The molecule has 2 aromatic carbocycles. The van der Waals surface area contributed by atoms with Gasteiger partial charge in [-0.2, -0.15) is 5.26 Å². The van der Waals surface area contributed by atoms with Crippen LogP contribution in [-0.4, -0.2) is 19.2 Å². The zero-order valence-corrected chi connectivity index (χ0v) is 17.3. The van der Waals surface area contributed by atoms with Gasteiger partial charge in [0.1, 0.15) is 5.82 Å². The van der Waals surface area contributed by atoms with Crippen molar-refractivity contribution in [1.29, 1.82) is 5.26 Å². The number of benzene rings is 2. The van der Waals surface area contributed by atoms with Gasteiger partial charge in [-0.05, 0) is 36.2 Å². The molecular formula is C22H20FN5OS. The second kappa shape index (κ2) is 8.67. The minimum atomic E-state index is -0.435. The smallest absolute Gasteiger partial charge is 0.262 e. The monoisotopic (exact) mass is 421 g/mol. The van der Waals surface area contributed by atoms with Crippen LogP contribution in [0.1, 0.15) is 37.3 Å². The Morgan fingerprint density at radius 2 is 2.00 bits per heavy atom. The summed E-state index contributed by atoms with van der Waals surface area (Å²) < 4.78 is 17.0. The van der Waals surface area contributed by atoms with Gasteiger partial charge < -0.3 is 0 Å². The molecule has 0 bridgehead atoms. The maximum atomic E-state index is 13.4. The number of thioether (sulfide) groups is 1. The first-order chi connectivity index (χ1) is 14.6. The van der Waals surface area contributed by atoms with Gasteiger partial charge in [0.2, 0.25) is 5.78 Å². The molecule has 30 heavy (non-hydrogen) atoms. The van der Waals surface area contributed by atoms with Gasteiger partial charge in [0, 0.05) is 12.3 Å². The Kier molecular flexibility index (Phi) is 5.81. The molecule has 4 aromatic rings. The number of para-hydroxylation sites is 1. The Labute approximate surface area is 177 Å². The number of halogens is 1. The van der Waals surface area contributed by atoms with Crippen LogP contribution in [0.3, 0.4) is 0 Å². The fraction of sp³-hybridized carbons (Fsp3) is 0.273. The molecule has 0 atom stereocenters. The van der Waals surface area contributed by atoms with E-state index in [4.69, 9.17) is 0 Å². The van der Waals surface area contributed by atoms with Gasteiger partial charge in [-0.15, -0.1) is 10.2 Å². The molecule has 0 aliphatic carbocycles. The molecule has 2 aromatic heterocycles. The summed E-state index contributed by atoms with van der Waals surface area (Å²) >= 11 is 1.40. The number of fused-ring (bicyclic) bond motifs is 3. The summed E-state index contributed by atoms with van der Waals surface area (Å²) in [6, 6.07) is 13.7. The molecule has 0 unspecified atom stereocenters. The summed E-state index contributed by atoms with van der Waals surface area (Å²) in [6.07, 6.45) is 2.98. The summed E-state index contributed by atoms with van der Waals surface area (Å²) in [5.74, 6) is 0.514. The van der Waals surface area contributed by atoms with Gasteiger partial charge in [-0.1, -0.05) is 49.7 Å². The molecule has 0 aliphatic rings. The second-order valence-corrected chi connectivity index (χ2v) is 7.94. The van der Waals surface area contributed by atoms with E-state index in [2.05, 4.69) is 17.1 Å². The van der Waals surface area contributed by atoms with E-state index in [0.717, 1.165) is 30.3 Å². The van der Waals surface area contributed by atoms with Gasteiger partial charge in [0.25, 0.3) is 5.56 Å². The van der Waals surface area contributed by atoms with Crippen molar-refractivity contribution in [2.75, 3.05) is 0 Å². The molecule has 0 aliphatic heterocycles. The van der Waals surface area contributed by atoms with Crippen LogP contribution in [-0.2, 0) is 12.3 Å². The predicted molar refractivity (Wildman–Crippen MR) is 115 cm³/mol. The molecule has 0 spiro atoms. The van der Waals surface area contributed by atoms with Gasteiger partial charge in [-0.25, -0.2) is 4.39 Å². The number of rotatable bonds is 7. The average Bonchev–Trinajstić information content (AvgIpc) is 3.19. The van der Waals surface area contributed by atoms with Crippen molar-refractivity contribution in [2.24, 2.45) is 0 Å². The Hall–Kier alpha value is -3.18. The van der Waals surface area contributed by atoms with Crippen LogP contribution < -0.4 is 5.56 Å². The highest BCUT2D eigenvalue weighted by Crippen LogP contribution is 2.26. The minimum absolute atomic E-state index is 0.0662. The summed E-state index contributed by atoms with van der Waals surface area (Å²) in [6.45, 7) is 2.70. The summed E-state index contributed by atoms with van der Waals surface area (Å²) in [4.78, 5) is 13.0. The van der Waals surface area contributed by atoms with Gasteiger partial charge in [-0.3, -0.25) is 13.8 Å². The van der Waals surface area contributed by atoms with Crippen molar-refractivity contribution >= 4 is 28.4 Å². The van der Waals surface area contributed by atoms with E-state index in [1.54, 1.807) is 10.6 Å². The van der Waals surface area contributed by atoms with E-state index in [-0.39, 0.29) is 5.56 Å². The van der Waals surface area contributed by atoms with Gasteiger partial charge in [0.05, 0.1) is 22.5 Å². The summed E-state index contributed by atoms with van der Waals surface area (Å²) in [5.41, 5.74) is 1.71. The van der Waals surface area contributed by atoms with E-state index >= 15 is 0 Å². The third-order valence-electron chi connectivity index (χ3n) is 5.01. The molecule has 2 heterocycles. The van der Waals surface area contributed by atoms with Crippen molar-refractivity contribution in [2.45, 2.75) is 43.6 Å². The fourth-order valence-electron chi connectivity index (χ4n) is 3.47. The molecule has 0 fully saturated rings. The van der Waals surface area contributed by atoms with Crippen molar-refractivity contribution in [3.63, 3.8) is 0 Å². The third kappa shape index (κ3) is 3.68. The quantitative estimate of drug-likeness (QED) is 0.323. The zero-order chi connectivity index (χ0) is 21.1. The maximum absolute atomic E-state index is 13.4. The van der Waals surface area contributed by atoms with Gasteiger partial charge >= 0.3 is 0 Å². The van der Waals surface area contributed by atoms with E-state index < -0.39 is 5.82 Å². The lowest BCUT2D eigenvalue weighted by atomic mass is 10.1. The third-order valence-corrected chi connectivity index (χ3v) is 5.99. The van der Waals surface area contributed by atoms with Crippen LogP contribution in [0, 0.1) is 17.1 Å². The lowest BCUT2D eigenvalue weighted by Gasteiger charge is -2.11. The molecule has 152 valence electrons. The lowest BCUT2D eigenvalue weighted by Crippen LogP contribution is -2.23. The first-order valence-electron chi connectivity index (χ1n) is 9.82. The van der Waals surface area contributed by atoms with Crippen LogP contribution >= 0.6 is 11.8 Å². The number of unbranched alkanes of at least 4 members (excludes halogenated alkanes) is 2. The average molecular weight is 422 g/mol. The van der Waals surface area contributed by atoms with Crippen LogP contribution in [0.2, 0.25) is 0 Å². The highest BCUT2D eigenvalue weighted by molar-refractivity contribution is 7.98. The highest BCUT2D eigenvalue weighted by atomic mass is 32.2. The predicted octanol–water partition coefficient (Wildman–Crippen LogP) is 4.54. The minimum Gasteiger partial charge on any atom is -0.276 e. The number of nitriles is 1. The van der Waals surface area contributed by atoms with E-state index in [1.165, 1.54) is 23.9 Å². The Morgan fingerprint density at radius 1 is 1.17 bits per heavy atom. The van der Waals surface area contributed by atoms with Crippen molar-refractivity contribution in [1.82, 2.24) is 19.2 Å². The lowest BCUT2D eigenvalue weighted by molar-refractivity contribution is 0.594. The summed E-state index contributed by atoms with van der Waals surface area (Å²) in [7, 11) is 0. The molecule has 4 rings (SSSR count). The van der Waals surface area contributed by atoms with Crippen molar-refractivity contribution < 1.29 is 4.39 Å². The molecule has 0 saturated heterocycles. The van der Waals surface area contributed by atoms with Crippen molar-refractivity contribution in [3.05, 3.63) is 69.8 Å². The molecule has 0 saturated carbocycles.